The average molecular weight is 300 g/mol. The van der Waals surface area contributed by atoms with Gasteiger partial charge in [-0.2, -0.15) is 5.26 Å². The van der Waals surface area contributed by atoms with Gasteiger partial charge in [0.2, 0.25) is 0 Å². The Labute approximate surface area is 130 Å². The Morgan fingerprint density at radius 3 is 2.55 bits per heavy atom. The number of ether oxygens (including phenoxy) is 1. The summed E-state index contributed by atoms with van der Waals surface area (Å²) >= 11 is 0. The minimum atomic E-state index is -0.829. The topological polar surface area (TPSA) is 79.2 Å². The van der Waals surface area contributed by atoms with E-state index in [-0.39, 0.29) is 11.9 Å². The number of hydrogen-bond acceptors (Lipinski definition) is 4. The van der Waals surface area contributed by atoms with Gasteiger partial charge in [0.15, 0.2) is 6.10 Å². The Balaban J connectivity index is 1.80. The molecule has 1 amide bonds. The first-order valence-corrected chi connectivity index (χ1v) is 7.59. The molecule has 1 atom stereocenters. The second-order valence-corrected chi connectivity index (χ2v) is 5.67. The highest BCUT2D eigenvalue weighted by molar-refractivity contribution is 5.95. The summed E-state index contributed by atoms with van der Waals surface area (Å²) in [6.45, 7) is 1.56. The maximum Gasteiger partial charge on any atom is 0.306 e. The molecule has 1 unspecified atom stereocenters. The van der Waals surface area contributed by atoms with Crippen LogP contribution < -0.4 is 5.32 Å². The molecule has 0 bridgehead atoms. The molecular weight excluding hydrogens is 280 g/mol. The van der Waals surface area contributed by atoms with Gasteiger partial charge in [0, 0.05) is 12.1 Å². The van der Waals surface area contributed by atoms with Crippen molar-refractivity contribution in [2.45, 2.75) is 45.1 Å². The number of esters is 1. The SMILES string of the molecule is CC(OC(=O)CC1CCCC1)C(=O)Nc1ccc(C#N)cc1. The first-order valence-electron chi connectivity index (χ1n) is 7.59. The zero-order chi connectivity index (χ0) is 15.9. The van der Waals surface area contributed by atoms with Crippen LogP contribution in [0.15, 0.2) is 24.3 Å². The third-order valence-corrected chi connectivity index (χ3v) is 3.89. The molecular formula is C17H20N2O3. The van der Waals surface area contributed by atoms with Crippen molar-refractivity contribution in [3.8, 4) is 6.07 Å². The average Bonchev–Trinajstić information content (AvgIpc) is 3.00. The van der Waals surface area contributed by atoms with E-state index in [1.54, 1.807) is 31.2 Å². The molecule has 2 rings (SSSR count). The summed E-state index contributed by atoms with van der Waals surface area (Å²) in [5.41, 5.74) is 1.09. The quantitative estimate of drug-likeness (QED) is 0.848. The van der Waals surface area contributed by atoms with E-state index >= 15 is 0 Å². The first-order chi connectivity index (χ1) is 10.6. The minimum absolute atomic E-state index is 0.311. The van der Waals surface area contributed by atoms with Crippen LogP contribution in [-0.2, 0) is 14.3 Å². The molecule has 0 spiro atoms. The van der Waals surface area contributed by atoms with E-state index < -0.39 is 6.10 Å². The summed E-state index contributed by atoms with van der Waals surface area (Å²) in [6.07, 6.45) is 4.06. The van der Waals surface area contributed by atoms with E-state index in [2.05, 4.69) is 5.32 Å². The Morgan fingerprint density at radius 1 is 1.32 bits per heavy atom. The van der Waals surface area contributed by atoms with Gasteiger partial charge in [0.25, 0.3) is 5.91 Å². The summed E-state index contributed by atoms with van der Waals surface area (Å²) in [4.78, 5) is 23.8. The molecule has 1 aromatic rings. The van der Waals surface area contributed by atoms with E-state index in [4.69, 9.17) is 10.00 Å². The second kappa shape index (κ2) is 7.60. The van der Waals surface area contributed by atoms with Crippen molar-refractivity contribution in [1.29, 1.82) is 5.26 Å². The normalized spacial score (nSPS) is 15.8. The van der Waals surface area contributed by atoms with Crippen molar-refractivity contribution in [1.82, 2.24) is 0 Å². The maximum atomic E-state index is 12.0. The summed E-state index contributed by atoms with van der Waals surface area (Å²) in [5, 5.41) is 11.4. The molecule has 0 radical (unpaired) electrons. The number of hydrogen-bond donors (Lipinski definition) is 1. The van der Waals surface area contributed by atoms with E-state index in [9.17, 15) is 9.59 Å². The van der Waals surface area contributed by atoms with E-state index in [1.165, 1.54) is 12.8 Å². The second-order valence-electron chi connectivity index (χ2n) is 5.67. The molecule has 1 N–H and O–H groups in total. The van der Waals surface area contributed by atoms with Gasteiger partial charge in [-0.25, -0.2) is 0 Å². The van der Waals surface area contributed by atoms with E-state index in [1.807, 2.05) is 6.07 Å². The van der Waals surface area contributed by atoms with Crippen LogP contribution in [0.4, 0.5) is 5.69 Å². The highest BCUT2D eigenvalue weighted by Gasteiger charge is 2.23. The molecule has 1 fully saturated rings. The summed E-state index contributed by atoms with van der Waals surface area (Å²) in [6, 6.07) is 8.53. The van der Waals surface area contributed by atoms with Gasteiger partial charge in [-0.1, -0.05) is 12.8 Å². The number of nitriles is 1. The number of carbonyl (C=O) groups is 2. The standard InChI is InChI=1S/C17H20N2O3/c1-12(22-16(20)10-13-4-2-3-5-13)17(21)19-15-8-6-14(11-18)7-9-15/h6-9,12-13H,2-5,10H2,1H3,(H,19,21). The van der Waals surface area contributed by atoms with Crippen LogP contribution in [0.1, 0.15) is 44.6 Å². The lowest BCUT2D eigenvalue weighted by Gasteiger charge is -2.15. The molecule has 1 aliphatic carbocycles. The molecule has 0 saturated heterocycles. The van der Waals surface area contributed by atoms with Crippen molar-refractivity contribution in [3.63, 3.8) is 0 Å². The maximum absolute atomic E-state index is 12.0. The summed E-state index contributed by atoms with van der Waals surface area (Å²) in [5.74, 6) is -0.278. The van der Waals surface area contributed by atoms with Crippen molar-refractivity contribution >= 4 is 17.6 Å². The van der Waals surface area contributed by atoms with Gasteiger partial charge < -0.3 is 10.1 Å². The molecule has 5 nitrogen and oxygen atoms in total. The van der Waals surface area contributed by atoms with Crippen LogP contribution >= 0.6 is 0 Å². The largest absolute Gasteiger partial charge is 0.453 e. The molecule has 22 heavy (non-hydrogen) atoms. The number of carbonyl (C=O) groups excluding carboxylic acids is 2. The van der Waals surface area contributed by atoms with Gasteiger partial charge in [-0.3, -0.25) is 9.59 Å². The van der Waals surface area contributed by atoms with Crippen molar-refractivity contribution in [2.75, 3.05) is 5.32 Å². The fourth-order valence-corrected chi connectivity index (χ4v) is 2.62. The predicted octanol–water partition coefficient (Wildman–Crippen LogP) is 3.01. The van der Waals surface area contributed by atoms with Gasteiger partial charge >= 0.3 is 5.97 Å². The highest BCUT2D eigenvalue weighted by atomic mass is 16.5. The lowest BCUT2D eigenvalue weighted by molar-refractivity contribution is -0.154. The van der Waals surface area contributed by atoms with Crippen LogP contribution in [-0.4, -0.2) is 18.0 Å². The Bertz CT molecular complexity index is 569. The molecule has 0 heterocycles. The number of amides is 1. The molecule has 1 aliphatic rings. The minimum Gasteiger partial charge on any atom is -0.453 e. The number of anilines is 1. The molecule has 1 aromatic carbocycles. The lowest BCUT2D eigenvalue weighted by Crippen LogP contribution is -2.30. The van der Waals surface area contributed by atoms with Crippen molar-refractivity contribution < 1.29 is 14.3 Å². The van der Waals surface area contributed by atoms with Crippen LogP contribution in [0, 0.1) is 17.2 Å². The fraction of sp³-hybridized carbons (Fsp3) is 0.471. The third-order valence-electron chi connectivity index (χ3n) is 3.89. The first kappa shape index (κ1) is 16.0. The molecule has 5 heteroatoms. The Morgan fingerprint density at radius 2 is 1.95 bits per heavy atom. The van der Waals surface area contributed by atoms with Crippen LogP contribution in [0.3, 0.4) is 0 Å². The molecule has 0 aliphatic heterocycles. The molecule has 1 saturated carbocycles. The van der Waals surface area contributed by atoms with E-state index in [0.717, 1.165) is 12.8 Å². The Hall–Kier alpha value is -2.35. The smallest absolute Gasteiger partial charge is 0.306 e. The number of benzene rings is 1. The van der Waals surface area contributed by atoms with Crippen LogP contribution in [0.25, 0.3) is 0 Å². The van der Waals surface area contributed by atoms with Gasteiger partial charge in [-0.15, -0.1) is 0 Å². The third kappa shape index (κ3) is 4.59. The van der Waals surface area contributed by atoms with Gasteiger partial charge in [0.05, 0.1) is 11.6 Å². The Kier molecular flexibility index (Phi) is 5.54. The predicted molar refractivity (Wildman–Crippen MR) is 81.9 cm³/mol. The van der Waals surface area contributed by atoms with E-state index in [0.29, 0.717) is 23.6 Å². The summed E-state index contributed by atoms with van der Waals surface area (Å²) in [7, 11) is 0. The number of nitrogens with one attached hydrogen (secondary N) is 1. The van der Waals surface area contributed by atoms with Gasteiger partial charge in [-0.05, 0) is 49.9 Å². The summed E-state index contributed by atoms with van der Waals surface area (Å²) < 4.78 is 5.19. The van der Waals surface area contributed by atoms with Crippen LogP contribution in [0.5, 0.6) is 0 Å². The lowest BCUT2D eigenvalue weighted by atomic mass is 10.0. The zero-order valence-corrected chi connectivity index (χ0v) is 12.7. The fourth-order valence-electron chi connectivity index (χ4n) is 2.62. The van der Waals surface area contributed by atoms with Crippen molar-refractivity contribution in [2.24, 2.45) is 5.92 Å². The molecule has 0 aromatic heterocycles. The number of rotatable bonds is 5. The zero-order valence-electron chi connectivity index (χ0n) is 12.7. The number of nitrogens with zero attached hydrogens (tertiary/aromatic N) is 1. The van der Waals surface area contributed by atoms with Crippen LogP contribution in [0.2, 0.25) is 0 Å². The van der Waals surface area contributed by atoms with Crippen molar-refractivity contribution in [3.05, 3.63) is 29.8 Å². The monoisotopic (exact) mass is 300 g/mol. The van der Waals surface area contributed by atoms with Gasteiger partial charge in [0.1, 0.15) is 0 Å². The highest BCUT2D eigenvalue weighted by Crippen LogP contribution is 2.27. The molecule has 116 valence electrons.